The molecule has 0 spiro atoms. The lowest BCUT2D eigenvalue weighted by atomic mass is 9.78. The van der Waals surface area contributed by atoms with Crippen molar-refractivity contribution >= 4 is 21.9 Å². The van der Waals surface area contributed by atoms with Gasteiger partial charge in [-0.05, 0) is 42.9 Å². The Morgan fingerprint density at radius 3 is 2.78 bits per heavy atom. The number of benzene rings is 1. The fourth-order valence-electron chi connectivity index (χ4n) is 2.83. The van der Waals surface area contributed by atoms with Gasteiger partial charge < -0.3 is 4.74 Å². The Hall–Kier alpha value is -1.09. The van der Waals surface area contributed by atoms with E-state index in [1.807, 2.05) is 24.3 Å². The van der Waals surface area contributed by atoms with Crippen LogP contribution in [0.4, 0.5) is 0 Å². The first-order valence-electron chi connectivity index (χ1n) is 6.36. The van der Waals surface area contributed by atoms with Gasteiger partial charge in [-0.15, -0.1) is 0 Å². The number of carbonyl (C=O) groups is 1. The number of hydrogen-bond donors (Lipinski definition) is 0. The Balaban J connectivity index is 1.82. The lowest BCUT2D eigenvalue weighted by Gasteiger charge is -2.35. The first kappa shape index (κ1) is 12.0. The van der Waals surface area contributed by atoms with Crippen molar-refractivity contribution in [1.29, 1.82) is 0 Å². The third-order valence-electron chi connectivity index (χ3n) is 3.83. The van der Waals surface area contributed by atoms with Crippen molar-refractivity contribution in [3.63, 3.8) is 0 Å². The number of halogens is 1. The summed E-state index contributed by atoms with van der Waals surface area (Å²) < 4.78 is 6.64. The highest BCUT2D eigenvalue weighted by molar-refractivity contribution is 9.10. The van der Waals surface area contributed by atoms with Crippen LogP contribution in [0.1, 0.15) is 30.9 Å². The maximum atomic E-state index is 12.0. The highest BCUT2D eigenvalue weighted by Crippen LogP contribution is 2.40. The van der Waals surface area contributed by atoms with Gasteiger partial charge in [-0.1, -0.05) is 40.2 Å². The van der Waals surface area contributed by atoms with Crippen LogP contribution in [0.25, 0.3) is 0 Å². The third kappa shape index (κ3) is 2.24. The molecule has 3 rings (SSSR count). The number of hydrogen-bond acceptors (Lipinski definition) is 2. The summed E-state index contributed by atoms with van der Waals surface area (Å²) >= 11 is 3.42. The van der Waals surface area contributed by atoms with Gasteiger partial charge in [-0.25, -0.2) is 0 Å². The molecule has 1 aromatic carbocycles. The van der Waals surface area contributed by atoms with E-state index < -0.39 is 0 Å². The van der Waals surface area contributed by atoms with E-state index in [9.17, 15) is 4.79 Å². The number of fused-ring (bicyclic) bond motifs is 1. The SMILES string of the molecule is O=C1O[C@@H](c2ccc(Br)cc2)C[C@H]2C=CCC[C@@H]12. The second-order valence-corrected chi connectivity index (χ2v) is 5.90. The van der Waals surface area contributed by atoms with Gasteiger partial charge in [-0.3, -0.25) is 4.79 Å². The largest absolute Gasteiger partial charge is 0.457 e. The Morgan fingerprint density at radius 1 is 1.22 bits per heavy atom. The minimum atomic E-state index is -0.0883. The van der Waals surface area contributed by atoms with Crippen LogP contribution < -0.4 is 0 Å². The van der Waals surface area contributed by atoms with Crippen LogP contribution in [0.2, 0.25) is 0 Å². The molecule has 3 atom stereocenters. The number of carbonyl (C=O) groups excluding carboxylic acids is 1. The normalized spacial score (nSPS) is 30.7. The minimum Gasteiger partial charge on any atom is -0.457 e. The zero-order valence-electron chi connectivity index (χ0n) is 10.0. The van der Waals surface area contributed by atoms with E-state index in [1.165, 1.54) is 0 Å². The molecule has 1 fully saturated rings. The first-order chi connectivity index (χ1) is 8.74. The van der Waals surface area contributed by atoms with Crippen molar-refractivity contribution in [2.24, 2.45) is 11.8 Å². The zero-order chi connectivity index (χ0) is 12.5. The molecule has 0 radical (unpaired) electrons. The molecule has 1 heterocycles. The fourth-order valence-corrected chi connectivity index (χ4v) is 3.10. The van der Waals surface area contributed by atoms with E-state index in [1.54, 1.807) is 0 Å². The molecule has 0 saturated carbocycles. The van der Waals surface area contributed by atoms with Gasteiger partial charge in [0.2, 0.25) is 0 Å². The van der Waals surface area contributed by atoms with E-state index in [0.717, 1.165) is 29.3 Å². The molecule has 2 aliphatic rings. The summed E-state index contributed by atoms with van der Waals surface area (Å²) in [4.78, 5) is 12.0. The summed E-state index contributed by atoms with van der Waals surface area (Å²) in [5, 5.41) is 0. The molecule has 1 saturated heterocycles. The molecular weight excluding hydrogens is 292 g/mol. The van der Waals surface area contributed by atoms with Gasteiger partial charge in [0.1, 0.15) is 6.10 Å². The molecule has 0 unspecified atom stereocenters. The molecule has 2 nitrogen and oxygen atoms in total. The van der Waals surface area contributed by atoms with Crippen molar-refractivity contribution in [3.05, 3.63) is 46.5 Å². The average Bonchev–Trinajstić information content (AvgIpc) is 2.39. The lowest BCUT2D eigenvalue weighted by Crippen LogP contribution is -2.34. The van der Waals surface area contributed by atoms with E-state index in [2.05, 4.69) is 28.1 Å². The Bertz CT molecular complexity index is 478. The molecular formula is C15H15BrO2. The molecule has 0 bridgehead atoms. The molecule has 0 aromatic heterocycles. The summed E-state index contributed by atoms with van der Waals surface area (Å²) in [7, 11) is 0. The standard InChI is InChI=1S/C15H15BrO2/c16-12-7-5-10(6-8-12)14-9-11-3-1-2-4-13(11)15(17)18-14/h1,3,5-8,11,13-14H,2,4,9H2/t11-,13-,14-/m1/s1. The van der Waals surface area contributed by atoms with Crippen molar-refractivity contribution in [2.45, 2.75) is 25.4 Å². The van der Waals surface area contributed by atoms with Crippen LogP contribution in [0.5, 0.6) is 0 Å². The maximum absolute atomic E-state index is 12.0. The summed E-state index contributed by atoms with van der Waals surface area (Å²) in [6.45, 7) is 0. The Kier molecular flexibility index (Phi) is 3.25. The number of esters is 1. The number of ether oxygens (including phenoxy) is 1. The minimum absolute atomic E-state index is 0.0245. The van der Waals surface area contributed by atoms with E-state index in [-0.39, 0.29) is 18.0 Å². The maximum Gasteiger partial charge on any atom is 0.310 e. The zero-order valence-corrected chi connectivity index (χ0v) is 11.6. The number of allylic oxidation sites excluding steroid dienone is 2. The summed E-state index contributed by atoms with van der Waals surface area (Å²) in [5.41, 5.74) is 1.09. The predicted octanol–water partition coefficient (Wildman–Crippen LogP) is 4.02. The van der Waals surface area contributed by atoms with Crippen LogP contribution in [-0.4, -0.2) is 5.97 Å². The van der Waals surface area contributed by atoms with Crippen molar-refractivity contribution in [1.82, 2.24) is 0 Å². The fraction of sp³-hybridized carbons (Fsp3) is 0.400. The number of cyclic esters (lactones) is 1. The van der Waals surface area contributed by atoms with Gasteiger partial charge in [0.05, 0.1) is 5.92 Å². The van der Waals surface area contributed by atoms with Crippen molar-refractivity contribution in [2.75, 3.05) is 0 Å². The van der Waals surface area contributed by atoms with Gasteiger partial charge in [0, 0.05) is 4.47 Å². The molecule has 3 heteroatoms. The van der Waals surface area contributed by atoms with E-state index in [4.69, 9.17) is 4.74 Å². The summed E-state index contributed by atoms with van der Waals surface area (Å²) in [5.74, 6) is 0.416. The van der Waals surface area contributed by atoms with Crippen LogP contribution in [0, 0.1) is 11.8 Å². The smallest absolute Gasteiger partial charge is 0.310 e. The summed E-state index contributed by atoms with van der Waals surface area (Å²) in [6.07, 6.45) is 7.15. The van der Waals surface area contributed by atoms with E-state index in [0.29, 0.717) is 5.92 Å². The monoisotopic (exact) mass is 306 g/mol. The molecule has 0 amide bonds. The quantitative estimate of drug-likeness (QED) is 0.578. The highest BCUT2D eigenvalue weighted by Gasteiger charge is 2.38. The average molecular weight is 307 g/mol. The van der Waals surface area contributed by atoms with Crippen LogP contribution in [-0.2, 0) is 9.53 Å². The molecule has 94 valence electrons. The van der Waals surface area contributed by atoms with E-state index >= 15 is 0 Å². The second-order valence-electron chi connectivity index (χ2n) is 4.99. The summed E-state index contributed by atoms with van der Waals surface area (Å²) in [6, 6.07) is 8.03. The second kappa shape index (κ2) is 4.88. The molecule has 1 aromatic rings. The van der Waals surface area contributed by atoms with Crippen molar-refractivity contribution < 1.29 is 9.53 Å². The predicted molar refractivity (Wildman–Crippen MR) is 72.9 cm³/mol. The Morgan fingerprint density at radius 2 is 2.00 bits per heavy atom. The topological polar surface area (TPSA) is 26.3 Å². The molecule has 0 N–H and O–H groups in total. The molecule has 1 aliphatic carbocycles. The van der Waals surface area contributed by atoms with Crippen LogP contribution >= 0.6 is 15.9 Å². The molecule has 18 heavy (non-hydrogen) atoms. The van der Waals surface area contributed by atoms with Gasteiger partial charge in [0.25, 0.3) is 0 Å². The first-order valence-corrected chi connectivity index (χ1v) is 7.16. The van der Waals surface area contributed by atoms with Gasteiger partial charge in [-0.2, -0.15) is 0 Å². The van der Waals surface area contributed by atoms with Crippen LogP contribution in [0.3, 0.4) is 0 Å². The lowest BCUT2D eigenvalue weighted by molar-refractivity contribution is -0.164. The highest BCUT2D eigenvalue weighted by atomic mass is 79.9. The number of rotatable bonds is 1. The Labute approximate surface area is 115 Å². The van der Waals surface area contributed by atoms with Crippen molar-refractivity contribution in [3.8, 4) is 0 Å². The van der Waals surface area contributed by atoms with Crippen LogP contribution in [0.15, 0.2) is 40.9 Å². The van der Waals surface area contributed by atoms with Gasteiger partial charge >= 0.3 is 5.97 Å². The van der Waals surface area contributed by atoms with Gasteiger partial charge in [0.15, 0.2) is 0 Å². The molecule has 1 aliphatic heterocycles. The third-order valence-corrected chi connectivity index (χ3v) is 4.36.